The Morgan fingerprint density at radius 3 is 0.783 bits per heavy atom. The second-order valence-corrected chi connectivity index (χ2v) is 27.0. The van der Waals surface area contributed by atoms with Gasteiger partial charge in [0.05, 0.1) is 0 Å². The number of unbranched alkanes of at least 4 members (excludes halogenated alkanes) is 8. The number of carbonyl (C=O) groups excluding carboxylic acids is 2. The van der Waals surface area contributed by atoms with Gasteiger partial charge in [-0.15, -0.1) is 0 Å². The van der Waals surface area contributed by atoms with Crippen molar-refractivity contribution in [2.24, 2.45) is 11.8 Å². The van der Waals surface area contributed by atoms with Gasteiger partial charge in [-0.05, 0) is 0 Å². The van der Waals surface area contributed by atoms with E-state index < -0.39 is 13.7 Å². The summed E-state index contributed by atoms with van der Waals surface area (Å²) in [6.45, 7) is 12.7. The first-order chi connectivity index (χ1) is 22.1. The van der Waals surface area contributed by atoms with E-state index in [2.05, 4.69) is 55.4 Å². The zero-order valence-electron chi connectivity index (χ0n) is 32.5. The van der Waals surface area contributed by atoms with Crippen LogP contribution in [0.2, 0.25) is 0 Å². The zero-order chi connectivity index (χ0) is 34.4. The molecular weight excluding hydrogens is 606 g/mol. The average Bonchev–Trinajstić information content (AvgIpc) is 3.08. The molecule has 1 saturated carbocycles. The van der Waals surface area contributed by atoms with E-state index in [9.17, 15) is 9.59 Å². The van der Waals surface area contributed by atoms with E-state index in [1.54, 1.807) is 0 Å². The molecule has 1 aliphatic carbocycles. The summed E-state index contributed by atoms with van der Waals surface area (Å²) in [7, 11) is 0. The second kappa shape index (κ2) is 22.5. The Kier molecular flexibility index (Phi) is 21.4. The van der Waals surface area contributed by atoms with Crippen LogP contribution < -0.4 is 0 Å². The Hall–Kier alpha value is -0.200. The summed E-state index contributed by atoms with van der Waals surface area (Å²) in [5.74, 6) is -0.732. The van der Waals surface area contributed by atoms with E-state index in [1.807, 2.05) is 0 Å². The van der Waals surface area contributed by atoms with Crippen molar-refractivity contribution in [3.05, 3.63) is 0 Å². The normalized spacial score (nSPS) is 19.1. The molecule has 46 heavy (non-hydrogen) atoms. The topological polar surface area (TPSA) is 52.6 Å². The van der Waals surface area contributed by atoms with Crippen LogP contribution in [-0.2, 0) is 18.6 Å². The van der Waals surface area contributed by atoms with Crippen LogP contribution in [0.15, 0.2) is 0 Å². The SMILES string of the molecule is CCCCP(CCCC)(CCCC)(CCCC)OC(=O)C1CCCCC1C(=O)OP(CCCC)(CCCC)(CCCC)CCCC. The van der Waals surface area contributed by atoms with Crippen LogP contribution >= 0.6 is 13.7 Å². The van der Waals surface area contributed by atoms with Gasteiger partial charge in [0.1, 0.15) is 0 Å². The molecule has 6 heteroatoms. The molecule has 0 radical (unpaired) electrons. The maximum atomic E-state index is 14.7. The van der Waals surface area contributed by atoms with Gasteiger partial charge in [0.25, 0.3) is 0 Å². The fourth-order valence-corrected chi connectivity index (χ4v) is 22.1. The second-order valence-electron chi connectivity index (χ2n) is 15.7. The quantitative estimate of drug-likeness (QED) is 0.0768. The van der Waals surface area contributed by atoms with Gasteiger partial charge in [-0.3, -0.25) is 0 Å². The Labute approximate surface area is 288 Å². The third-order valence-corrected chi connectivity index (χ3v) is 24.7. The molecular formula is C40H82O4P2. The van der Waals surface area contributed by atoms with Gasteiger partial charge in [-0.1, -0.05) is 0 Å². The summed E-state index contributed by atoms with van der Waals surface area (Å²) >= 11 is 0. The molecule has 0 saturated heterocycles. The van der Waals surface area contributed by atoms with Crippen LogP contribution in [0, 0.1) is 11.8 Å². The van der Waals surface area contributed by atoms with Gasteiger partial charge in [0, 0.05) is 0 Å². The van der Waals surface area contributed by atoms with Crippen molar-refractivity contribution in [1.29, 1.82) is 0 Å². The van der Waals surface area contributed by atoms with Crippen LogP contribution in [0.3, 0.4) is 0 Å². The van der Waals surface area contributed by atoms with Gasteiger partial charge in [-0.2, -0.15) is 0 Å². The number of carbonyl (C=O) groups is 2. The van der Waals surface area contributed by atoms with Crippen molar-refractivity contribution < 1.29 is 18.6 Å². The standard InChI is InChI=1S/C40H82O4P2/c1-9-17-29-45(30-18-10-2,31-19-11-3,32-20-12-4)43-39(41)37-27-25-26-28-38(37)40(42)44-46(33-21-13-5,34-22-14-6,35-23-15-7)36-24-16-8/h37-38H,9-36H2,1-8H3. The molecule has 0 aromatic carbocycles. The molecule has 0 aromatic rings. The Morgan fingerprint density at radius 2 is 0.609 bits per heavy atom. The molecule has 0 bridgehead atoms. The van der Waals surface area contributed by atoms with Crippen molar-refractivity contribution in [3.63, 3.8) is 0 Å². The molecule has 1 rings (SSSR count). The molecule has 1 aliphatic rings. The van der Waals surface area contributed by atoms with Crippen LogP contribution in [-0.4, -0.2) is 61.2 Å². The van der Waals surface area contributed by atoms with Crippen molar-refractivity contribution in [2.75, 3.05) is 49.3 Å². The summed E-state index contributed by atoms with van der Waals surface area (Å²) < 4.78 is 14.5. The zero-order valence-corrected chi connectivity index (χ0v) is 34.3. The molecule has 2 unspecified atom stereocenters. The minimum atomic E-state index is -2.78. The van der Waals surface area contributed by atoms with Gasteiger partial charge in [0.2, 0.25) is 0 Å². The van der Waals surface area contributed by atoms with Gasteiger partial charge in [-0.25, -0.2) is 0 Å². The molecule has 0 heterocycles. The Bertz CT molecular complexity index is 688. The maximum absolute atomic E-state index is 14.7. The molecule has 0 spiro atoms. The van der Waals surface area contributed by atoms with Gasteiger partial charge < -0.3 is 0 Å². The minimum absolute atomic E-state index is 0.0247. The van der Waals surface area contributed by atoms with Gasteiger partial charge >= 0.3 is 289 Å². The summed E-state index contributed by atoms with van der Waals surface area (Å²) in [6, 6.07) is 0. The molecule has 0 N–H and O–H groups in total. The third kappa shape index (κ3) is 12.9. The van der Waals surface area contributed by atoms with E-state index in [-0.39, 0.29) is 23.8 Å². The first-order valence-electron chi connectivity index (χ1n) is 20.6. The van der Waals surface area contributed by atoms with E-state index in [0.29, 0.717) is 0 Å². The monoisotopic (exact) mass is 689 g/mol. The summed E-state index contributed by atoms with van der Waals surface area (Å²) in [4.78, 5) is 29.5. The van der Waals surface area contributed by atoms with Gasteiger partial charge in [0.15, 0.2) is 0 Å². The Balaban J connectivity index is 3.63. The van der Waals surface area contributed by atoms with Crippen molar-refractivity contribution >= 4 is 25.6 Å². The first-order valence-corrected chi connectivity index (χ1v) is 26.4. The van der Waals surface area contributed by atoms with Crippen molar-refractivity contribution in [2.45, 2.75) is 184 Å². The fraction of sp³-hybridized carbons (Fsp3) is 0.950. The van der Waals surface area contributed by atoms with Crippen LogP contribution in [0.5, 0.6) is 0 Å². The van der Waals surface area contributed by atoms with Crippen LogP contribution in [0.1, 0.15) is 184 Å². The average molecular weight is 689 g/mol. The molecule has 1 fully saturated rings. The Morgan fingerprint density at radius 1 is 0.413 bits per heavy atom. The predicted molar refractivity (Wildman–Crippen MR) is 210 cm³/mol. The fourth-order valence-electron chi connectivity index (χ4n) is 8.51. The van der Waals surface area contributed by atoms with Crippen molar-refractivity contribution in [3.8, 4) is 0 Å². The summed E-state index contributed by atoms with van der Waals surface area (Å²) in [5, 5.41) is 0. The first kappa shape index (κ1) is 43.8. The number of hydrogen-bond acceptors (Lipinski definition) is 4. The van der Waals surface area contributed by atoms with E-state index in [0.717, 1.165) is 178 Å². The predicted octanol–water partition coefficient (Wildman–Crippen LogP) is 13.2. The molecule has 276 valence electrons. The van der Waals surface area contributed by atoms with E-state index in [4.69, 9.17) is 9.05 Å². The number of hydrogen-bond donors (Lipinski definition) is 0. The molecule has 4 nitrogen and oxygen atoms in total. The van der Waals surface area contributed by atoms with E-state index in [1.165, 1.54) is 0 Å². The molecule has 0 aromatic heterocycles. The van der Waals surface area contributed by atoms with Crippen LogP contribution in [0.4, 0.5) is 0 Å². The van der Waals surface area contributed by atoms with Crippen LogP contribution in [0.25, 0.3) is 0 Å². The molecule has 0 amide bonds. The summed E-state index contributed by atoms with van der Waals surface area (Å²) in [5.41, 5.74) is 0. The summed E-state index contributed by atoms with van der Waals surface area (Å²) in [6.07, 6.45) is 30.4. The number of rotatable bonds is 28. The van der Waals surface area contributed by atoms with Crippen molar-refractivity contribution in [1.82, 2.24) is 0 Å². The molecule has 2 atom stereocenters. The van der Waals surface area contributed by atoms with E-state index >= 15 is 0 Å². The third-order valence-electron chi connectivity index (χ3n) is 11.7. The molecule has 0 aliphatic heterocycles.